The molecule has 0 fully saturated rings. The van der Waals surface area contributed by atoms with Gasteiger partial charge in [0.05, 0.1) is 17.5 Å². The number of fused-ring (bicyclic) bond motifs is 2. The van der Waals surface area contributed by atoms with Gasteiger partial charge >= 0.3 is 0 Å². The van der Waals surface area contributed by atoms with Crippen LogP contribution in [-0.2, 0) is 10.0 Å². The van der Waals surface area contributed by atoms with Gasteiger partial charge in [-0.1, -0.05) is 54.6 Å². The summed E-state index contributed by atoms with van der Waals surface area (Å²) in [6.45, 7) is 0. The van der Waals surface area contributed by atoms with Crippen LogP contribution in [0.2, 0.25) is 0 Å². The number of hydrogen-bond acceptors (Lipinski definition) is 2. The Balaban J connectivity index is 1.97. The molecule has 5 heteroatoms. The molecule has 0 bridgehead atoms. The Morgan fingerprint density at radius 3 is 2.38 bits per heavy atom. The first-order chi connectivity index (χ1) is 11.5. The zero-order chi connectivity index (χ0) is 16.7. The number of para-hydroxylation sites is 1. The summed E-state index contributed by atoms with van der Waals surface area (Å²) >= 11 is 0. The van der Waals surface area contributed by atoms with Gasteiger partial charge in [0.15, 0.2) is 0 Å². The van der Waals surface area contributed by atoms with Crippen LogP contribution in [0.1, 0.15) is 0 Å². The summed E-state index contributed by atoms with van der Waals surface area (Å²) in [5.74, 6) is 0. The largest absolute Gasteiger partial charge is 0.359 e. The number of sulfonamides is 1. The molecular weight excluding hydrogens is 320 g/mol. The summed E-state index contributed by atoms with van der Waals surface area (Å²) in [7, 11) is -3.33. The van der Waals surface area contributed by atoms with Crippen molar-refractivity contribution >= 4 is 37.4 Å². The summed E-state index contributed by atoms with van der Waals surface area (Å²) in [6.07, 6.45) is 3.08. The van der Waals surface area contributed by atoms with E-state index in [1.54, 1.807) is 6.07 Å². The Bertz CT molecular complexity index is 1160. The number of nitrogens with one attached hydrogen (secondary N) is 2. The predicted molar refractivity (Wildman–Crippen MR) is 99.7 cm³/mol. The molecule has 120 valence electrons. The molecule has 0 spiro atoms. The molecule has 4 rings (SSSR count). The van der Waals surface area contributed by atoms with Crippen LogP contribution in [0.3, 0.4) is 0 Å². The molecule has 4 nitrogen and oxygen atoms in total. The lowest BCUT2D eigenvalue weighted by atomic mass is 9.98. The molecule has 24 heavy (non-hydrogen) atoms. The SMILES string of the molecule is CS(=O)(=O)Nc1cccc2c(-c3cccc4ccccc34)c[nH]c12. The van der Waals surface area contributed by atoms with Crippen LogP contribution in [0.5, 0.6) is 0 Å². The van der Waals surface area contributed by atoms with E-state index in [1.807, 2.05) is 36.5 Å². The quantitative estimate of drug-likeness (QED) is 0.584. The van der Waals surface area contributed by atoms with Crippen molar-refractivity contribution in [3.8, 4) is 11.1 Å². The number of rotatable bonds is 3. The molecule has 0 unspecified atom stereocenters. The van der Waals surface area contributed by atoms with Crippen molar-refractivity contribution in [1.29, 1.82) is 0 Å². The summed E-state index contributed by atoms with van der Waals surface area (Å²) < 4.78 is 25.7. The topological polar surface area (TPSA) is 62.0 Å². The number of H-pyrrole nitrogens is 1. The molecule has 0 amide bonds. The van der Waals surface area contributed by atoms with Crippen molar-refractivity contribution in [1.82, 2.24) is 4.98 Å². The fourth-order valence-corrected chi connectivity index (χ4v) is 3.69. The zero-order valence-electron chi connectivity index (χ0n) is 13.1. The Hall–Kier alpha value is -2.79. The first-order valence-electron chi connectivity index (χ1n) is 7.59. The number of aromatic amines is 1. The molecule has 0 saturated carbocycles. The Labute approximate surface area is 140 Å². The van der Waals surface area contributed by atoms with Gasteiger partial charge in [-0.15, -0.1) is 0 Å². The maximum absolute atomic E-state index is 11.6. The van der Waals surface area contributed by atoms with Crippen LogP contribution >= 0.6 is 0 Å². The van der Waals surface area contributed by atoms with E-state index in [0.29, 0.717) is 5.69 Å². The minimum atomic E-state index is -3.33. The third-order valence-electron chi connectivity index (χ3n) is 4.09. The highest BCUT2D eigenvalue weighted by Gasteiger charge is 2.13. The van der Waals surface area contributed by atoms with Crippen molar-refractivity contribution in [2.75, 3.05) is 11.0 Å². The molecule has 0 saturated heterocycles. The second-order valence-corrected chi connectivity index (χ2v) is 7.58. The number of aromatic nitrogens is 1. The van der Waals surface area contributed by atoms with Gasteiger partial charge in [-0.3, -0.25) is 4.72 Å². The fourth-order valence-electron chi connectivity index (χ4n) is 3.12. The van der Waals surface area contributed by atoms with Crippen LogP contribution in [0.4, 0.5) is 5.69 Å². The van der Waals surface area contributed by atoms with Crippen molar-refractivity contribution in [3.05, 3.63) is 66.9 Å². The van der Waals surface area contributed by atoms with Crippen molar-refractivity contribution in [2.45, 2.75) is 0 Å². The van der Waals surface area contributed by atoms with Gasteiger partial charge in [0.2, 0.25) is 10.0 Å². The highest BCUT2D eigenvalue weighted by atomic mass is 32.2. The number of hydrogen-bond donors (Lipinski definition) is 2. The average molecular weight is 336 g/mol. The Morgan fingerprint density at radius 1 is 0.833 bits per heavy atom. The van der Waals surface area contributed by atoms with Gasteiger partial charge < -0.3 is 4.98 Å². The second kappa shape index (κ2) is 5.39. The van der Waals surface area contributed by atoms with Crippen molar-refractivity contribution < 1.29 is 8.42 Å². The molecule has 4 aromatic rings. The van der Waals surface area contributed by atoms with E-state index >= 15 is 0 Å². The summed E-state index contributed by atoms with van der Waals surface area (Å²) in [4.78, 5) is 3.22. The van der Waals surface area contributed by atoms with Gasteiger partial charge in [0, 0.05) is 17.1 Å². The molecule has 0 aliphatic heterocycles. The lowest BCUT2D eigenvalue weighted by molar-refractivity contribution is 0.607. The van der Waals surface area contributed by atoms with Gasteiger partial charge in [0.25, 0.3) is 0 Å². The van der Waals surface area contributed by atoms with Gasteiger partial charge in [0.1, 0.15) is 0 Å². The highest BCUT2D eigenvalue weighted by molar-refractivity contribution is 7.92. The van der Waals surface area contributed by atoms with E-state index in [9.17, 15) is 8.42 Å². The maximum atomic E-state index is 11.6. The van der Waals surface area contributed by atoms with Gasteiger partial charge in [-0.25, -0.2) is 8.42 Å². The zero-order valence-corrected chi connectivity index (χ0v) is 13.9. The van der Waals surface area contributed by atoms with E-state index in [0.717, 1.165) is 28.3 Å². The second-order valence-electron chi connectivity index (χ2n) is 5.83. The van der Waals surface area contributed by atoms with Crippen LogP contribution in [-0.4, -0.2) is 19.7 Å². The van der Waals surface area contributed by atoms with E-state index in [-0.39, 0.29) is 0 Å². The van der Waals surface area contributed by atoms with E-state index in [2.05, 4.69) is 34.0 Å². The van der Waals surface area contributed by atoms with Crippen LogP contribution < -0.4 is 4.72 Å². The molecule has 1 aromatic heterocycles. The van der Waals surface area contributed by atoms with Crippen LogP contribution in [0, 0.1) is 0 Å². The Kier molecular flexibility index (Phi) is 3.32. The Morgan fingerprint density at radius 2 is 1.54 bits per heavy atom. The van der Waals surface area contributed by atoms with Gasteiger partial charge in [-0.05, 0) is 22.4 Å². The third-order valence-corrected chi connectivity index (χ3v) is 4.68. The minimum Gasteiger partial charge on any atom is -0.359 e. The summed E-state index contributed by atoms with van der Waals surface area (Å²) in [6, 6.07) is 20.1. The molecule has 1 heterocycles. The van der Waals surface area contributed by atoms with E-state index in [1.165, 1.54) is 10.8 Å². The number of anilines is 1. The van der Waals surface area contributed by atoms with Crippen LogP contribution in [0.25, 0.3) is 32.8 Å². The van der Waals surface area contributed by atoms with Crippen LogP contribution in [0.15, 0.2) is 66.9 Å². The third kappa shape index (κ3) is 2.53. The molecule has 0 aliphatic rings. The average Bonchev–Trinajstić information content (AvgIpc) is 2.98. The van der Waals surface area contributed by atoms with E-state index < -0.39 is 10.0 Å². The molecule has 0 atom stereocenters. The normalized spacial score (nSPS) is 11.9. The maximum Gasteiger partial charge on any atom is 0.229 e. The fraction of sp³-hybridized carbons (Fsp3) is 0.0526. The molecule has 2 N–H and O–H groups in total. The summed E-state index contributed by atoms with van der Waals surface area (Å²) in [5.41, 5.74) is 3.52. The molecule has 0 radical (unpaired) electrons. The lowest BCUT2D eigenvalue weighted by Gasteiger charge is -2.07. The first-order valence-corrected chi connectivity index (χ1v) is 9.48. The minimum absolute atomic E-state index is 0.557. The monoisotopic (exact) mass is 336 g/mol. The van der Waals surface area contributed by atoms with E-state index in [4.69, 9.17) is 0 Å². The summed E-state index contributed by atoms with van der Waals surface area (Å²) in [5, 5.41) is 3.33. The smallest absolute Gasteiger partial charge is 0.229 e. The standard InChI is InChI=1S/C19H16N2O2S/c1-24(22,23)21-18-11-5-10-16-17(12-20-19(16)18)15-9-4-7-13-6-2-3-8-14(13)15/h2-12,20-21H,1H3. The van der Waals surface area contributed by atoms with Crippen molar-refractivity contribution in [2.24, 2.45) is 0 Å². The molecule has 3 aromatic carbocycles. The molecular formula is C19H16N2O2S. The predicted octanol–water partition coefficient (Wildman–Crippen LogP) is 4.36. The number of benzene rings is 3. The first kappa shape index (κ1) is 14.8. The highest BCUT2D eigenvalue weighted by Crippen LogP contribution is 2.36. The van der Waals surface area contributed by atoms with Gasteiger partial charge in [-0.2, -0.15) is 0 Å². The lowest BCUT2D eigenvalue weighted by Crippen LogP contribution is -2.09. The van der Waals surface area contributed by atoms with Crippen molar-refractivity contribution in [3.63, 3.8) is 0 Å². The molecule has 0 aliphatic carbocycles.